The minimum absolute atomic E-state index is 0.0519. The minimum Gasteiger partial charge on any atom is -0.300 e. The van der Waals surface area contributed by atoms with E-state index < -0.39 is 25.1 Å². The van der Waals surface area contributed by atoms with Crippen LogP contribution in [0, 0.1) is 0 Å². The summed E-state index contributed by atoms with van der Waals surface area (Å²) in [6.07, 6.45) is 0.888. The molecule has 0 saturated carbocycles. The third-order valence-corrected chi connectivity index (χ3v) is 7.68. The highest BCUT2D eigenvalue weighted by Crippen LogP contribution is 2.24. The SMILES string of the molecule is O=C1CCN(S(=O)(=O)C2CCS(=O)(=O)CC2)CC1. The van der Waals surface area contributed by atoms with Gasteiger partial charge in [-0.15, -0.1) is 0 Å². The number of rotatable bonds is 2. The van der Waals surface area contributed by atoms with Gasteiger partial charge in [0.2, 0.25) is 10.0 Å². The number of carbonyl (C=O) groups excluding carboxylic acids is 1. The lowest BCUT2D eigenvalue weighted by atomic mass is 10.1. The molecule has 0 bridgehead atoms. The van der Waals surface area contributed by atoms with E-state index in [4.69, 9.17) is 0 Å². The maximum atomic E-state index is 12.3. The summed E-state index contributed by atoms with van der Waals surface area (Å²) >= 11 is 0. The van der Waals surface area contributed by atoms with Crippen molar-refractivity contribution in [2.75, 3.05) is 24.6 Å². The van der Waals surface area contributed by atoms with Crippen molar-refractivity contribution in [3.8, 4) is 0 Å². The van der Waals surface area contributed by atoms with Gasteiger partial charge in [-0.1, -0.05) is 0 Å². The van der Waals surface area contributed by atoms with Crippen LogP contribution in [0.25, 0.3) is 0 Å². The molecule has 104 valence electrons. The summed E-state index contributed by atoms with van der Waals surface area (Å²) in [4.78, 5) is 11.1. The molecule has 6 nitrogen and oxygen atoms in total. The number of hydrogen-bond donors (Lipinski definition) is 0. The van der Waals surface area contributed by atoms with Gasteiger partial charge in [0.25, 0.3) is 0 Å². The number of sulfonamides is 1. The van der Waals surface area contributed by atoms with Gasteiger partial charge in [-0.25, -0.2) is 21.1 Å². The molecular weight excluding hydrogens is 278 g/mol. The van der Waals surface area contributed by atoms with Crippen LogP contribution in [-0.2, 0) is 24.7 Å². The van der Waals surface area contributed by atoms with E-state index in [1.807, 2.05) is 0 Å². The van der Waals surface area contributed by atoms with Gasteiger partial charge in [0.1, 0.15) is 15.6 Å². The largest absolute Gasteiger partial charge is 0.300 e. The summed E-state index contributed by atoms with van der Waals surface area (Å²) < 4.78 is 48.5. The second-order valence-electron chi connectivity index (χ2n) is 4.83. The summed E-state index contributed by atoms with van der Waals surface area (Å²) in [5.41, 5.74) is 0. The van der Waals surface area contributed by atoms with Crippen LogP contribution in [0.4, 0.5) is 0 Å². The van der Waals surface area contributed by atoms with Crippen LogP contribution in [0.2, 0.25) is 0 Å². The van der Waals surface area contributed by atoms with Crippen LogP contribution in [0.3, 0.4) is 0 Å². The summed E-state index contributed by atoms with van der Waals surface area (Å²) in [5, 5.41) is -0.603. The smallest absolute Gasteiger partial charge is 0.217 e. The average Bonchev–Trinajstić information content (AvgIpc) is 2.29. The van der Waals surface area contributed by atoms with Crippen LogP contribution in [-0.4, -0.2) is 56.8 Å². The molecule has 0 radical (unpaired) electrons. The number of carbonyl (C=O) groups is 1. The number of hydrogen-bond acceptors (Lipinski definition) is 5. The standard InChI is InChI=1S/C10H17NO5S2/c12-9-1-5-11(6-2-9)18(15,16)10-3-7-17(13,14)8-4-10/h10H,1-8H2. The molecular formula is C10H17NO5S2. The fraction of sp³-hybridized carbons (Fsp3) is 0.900. The van der Waals surface area contributed by atoms with Crippen LogP contribution in [0.15, 0.2) is 0 Å². The first-order chi connectivity index (χ1) is 8.31. The number of nitrogens with zero attached hydrogens (tertiary/aromatic N) is 1. The second-order valence-corrected chi connectivity index (χ2v) is 9.35. The van der Waals surface area contributed by atoms with Crippen LogP contribution >= 0.6 is 0 Å². The molecule has 0 spiro atoms. The van der Waals surface area contributed by atoms with Gasteiger partial charge in [0.05, 0.1) is 16.8 Å². The Morgan fingerprint density at radius 1 is 1.06 bits per heavy atom. The second kappa shape index (κ2) is 4.90. The Kier molecular flexibility index (Phi) is 3.80. The summed E-state index contributed by atoms with van der Waals surface area (Å²) in [7, 11) is -6.49. The van der Waals surface area contributed by atoms with E-state index in [0.717, 1.165) is 0 Å². The lowest BCUT2D eigenvalue weighted by Crippen LogP contribution is -2.46. The van der Waals surface area contributed by atoms with Crippen molar-refractivity contribution >= 4 is 25.6 Å². The highest BCUT2D eigenvalue weighted by atomic mass is 32.2. The Labute approximate surface area is 107 Å². The van der Waals surface area contributed by atoms with Gasteiger partial charge in [0.15, 0.2) is 0 Å². The maximum absolute atomic E-state index is 12.3. The third kappa shape index (κ3) is 2.92. The first kappa shape index (κ1) is 14.0. The van der Waals surface area contributed by atoms with Crippen molar-refractivity contribution in [2.45, 2.75) is 30.9 Å². The molecule has 0 unspecified atom stereocenters. The van der Waals surface area contributed by atoms with Gasteiger partial charge in [-0.3, -0.25) is 4.79 Å². The Bertz CT molecular complexity index is 513. The van der Waals surface area contributed by atoms with Crippen molar-refractivity contribution in [2.24, 2.45) is 0 Å². The molecule has 0 aromatic heterocycles. The number of sulfone groups is 1. The van der Waals surface area contributed by atoms with Crippen molar-refractivity contribution in [1.82, 2.24) is 4.31 Å². The molecule has 0 aromatic carbocycles. The van der Waals surface area contributed by atoms with Gasteiger partial charge in [0, 0.05) is 25.9 Å². The lowest BCUT2D eigenvalue weighted by molar-refractivity contribution is -0.120. The van der Waals surface area contributed by atoms with Crippen LogP contribution in [0.1, 0.15) is 25.7 Å². The molecule has 2 aliphatic rings. The highest BCUT2D eigenvalue weighted by Gasteiger charge is 2.37. The lowest BCUT2D eigenvalue weighted by Gasteiger charge is -2.31. The van der Waals surface area contributed by atoms with Crippen LogP contribution in [0.5, 0.6) is 0 Å². The molecule has 2 rings (SSSR count). The summed E-state index contributed by atoms with van der Waals surface area (Å²) in [6, 6.07) is 0. The maximum Gasteiger partial charge on any atom is 0.217 e. The molecule has 0 aliphatic carbocycles. The molecule has 18 heavy (non-hydrogen) atoms. The fourth-order valence-electron chi connectivity index (χ4n) is 2.37. The Hall–Kier alpha value is -0.470. The Morgan fingerprint density at radius 3 is 2.06 bits per heavy atom. The quantitative estimate of drug-likeness (QED) is 0.689. The van der Waals surface area contributed by atoms with Gasteiger partial charge >= 0.3 is 0 Å². The third-order valence-electron chi connectivity index (χ3n) is 3.56. The number of piperidine rings is 1. The van der Waals surface area contributed by atoms with Crippen molar-refractivity contribution in [3.63, 3.8) is 0 Å². The Balaban J connectivity index is 2.05. The average molecular weight is 295 g/mol. The normalized spacial score (nSPS) is 27.2. The fourth-order valence-corrected chi connectivity index (χ4v) is 6.10. The summed E-state index contributed by atoms with van der Waals surface area (Å²) in [6.45, 7) is 0.481. The van der Waals surface area contributed by atoms with E-state index in [1.54, 1.807) is 0 Å². The van der Waals surface area contributed by atoms with Crippen molar-refractivity contribution in [3.05, 3.63) is 0 Å². The molecule has 0 N–H and O–H groups in total. The van der Waals surface area contributed by atoms with Crippen LogP contribution < -0.4 is 0 Å². The highest BCUT2D eigenvalue weighted by molar-refractivity contribution is 7.92. The molecule has 0 amide bonds. The molecule has 0 aromatic rings. The van der Waals surface area contributed by atoms with E-state index in [2.05, 4.69) is 0 Å². The molecule has 0 atom stereocenters. The molecule has 2 heterocycles. The molecule has 2 saturated heterocycles. The van der Waals surface area contributed by atoms with Crippen molar-refractivity contribution < 1.29 is 21.6 Å². The first-order valence-electron chi connectivity index (χ1n) is 6.02. The summed E-state index contributed by atoms with van der Waals surface area (Å²) in [5.74, 6) is -0.0134. The van der Waals surface area contributed by atoms with E-state index in [1.165, 1.54) is 4.31 Å². The number of ketones is 1. The predicted octanol–water partition coefficient (Wildman–Crippen LogP) is -0.442. The van der Waals surface area contributed by atoms with Gasteiger partial charge in [-0.05, 0) is 12.8 Å². The number of Topliss-reactive ketones (excluding diaryl/α,β-unsaturated/α-hetero) is 1. The minimum atomic E-state index is -3.44. The predicted molar refractivity (Wildman–Crippen MR) is 66.4 cm³/mol. The topological polar surface area (TPSA) is 88.6 Å². The molecule has 8 heteroatoms. The molecule has 2 aliphatic heterocycles. The Morgan fingerprint density at radius 2 is 1.56 bits per heavy atom. The van der Waals surface area contributed by atoms with E-state index >= 15 is 0 Å². The van der Waals surface area contributed by atoms with Gasteiger partial charge < -0.3 is 0 Å². The van der Waals surface area contributed by atoms with E-state index in [0.29, 0.717) is 0 Å². The zero-order valence-corrected chi connectivity index (χ0v) is 11.7. The van der Waals surface area contributed by atoms with E-state index in [9.17, 15) is 21.6 Å². The zero-order valence-electron chi connectivity index (χ0n) is 10.0. The van der Waals surface area contributed by atoms with E-state index in [-0.39, 0.29) is 56.1 Å². The van der Waals surface area contributed by atoms with Crippen molar-refractivity contribution in [1.29, 1.82) is 0 Å². The monoisotopic (exact) mass is 295 g/mol. The first-order valence-corrected chi connectivity index (χ1v) is 9.35. The van der Waals surface area contributed by atoms with Gasteiger partial charge in [-0.2, -0.15) is 0 Å². The molecule has 2 fully saturated rings. The zero-order chi connectivity index (χ0) is 13.4.